The number of carbonyl (C=O) groups excluding carboxylic acids is 1. The van der Waals surface area contributed by atoms with Gasteiger partial charge in [0, 0.05) is 17.8 Å². The summed E-state index contributed by atoms with van der Waals surface area (Å²) in [6.07, 6.45) is -0.553. The molecule has 24 heavy (non-hydrogen) atoms. The van der Waals surface area contributed by atoms with Crippen molar-refractivity contribution in [1.82, 2.24) is 10.3 Å². The first-order valence-corrected chi connectivity index (χ1v) is 7.83. The lowest BCUT2D eigenvalue weighted by atomic mass is 10.0. The van der Waals surface area contributed by atoms with E-state index in [-0.39, 0.29) is 23.4 Å². The molecular formula is C16H18F3N3O2. The molecular weight excluding hydrogens is 323 g/mol. The third-order valence-electron chi connectivity index (χ3n) is 4.31. The average Bonchev–Trinajstić information content (AvgIpc) is 3.31. The van der Waals surface area contributed by atoms with Crippen molar-refractivity contribution in [3.63, 3.8) is 0 Å². The Labute approximate surface area is 137 Å². The van der Waals surface area contributed by atoms with Crippen molar-refractivity contribution in [2.75, 3.05) is 6.61 Å². The minimum absolute atomic E-state index is 0.155. The standard InChI is InChI=1S/C16H18F3N3O2/c1-3-15(2)14(23)21-13(22-15)11-6-12(24-8-16(17,18)19)10(7-20-11)9-4-5-9/h6-7,9H,3-5,8H2,1-2H3,(H,21,22,23). The molecule has 1 N–H and O–H groups in total. The van der Waals surface area contributed by atoms with Crippen LogP contribution in [-0.4, -0.2) is 35.0 Å². The molecule has 3 rings (SSSR count). The Morgan fingerprint density at radius 2 is 2.12 bits per heavy atom. The smallest absolute Gasteiger partial charge is 0.422 e. The summed E-state index contributed by atoms with van der Waals surface area (Å²) in [6, 6.07) is 1.43. The van der Waals surface area contributed by atoms with Gasteiger partial charge < -0.3 is 10.1 Å². The molecule has 1 unspecified atom stereocenters. The summed E-state index contributed by atoms with van der Waals surface area (Å²) < 4.78 is 42.4. The second-order valence-electron chi connectivity index (χ2n) is 6.33. The van der Waals surface area contributed by atoms with Crippen LogP contribution in [0.5, 0.6) is 5.75 Å². The highest BCUT2D eigenvalue weighted by Gasteiger charge is 2.38. The minimum atomic E-state index is -4.41. The van der Waals surface area contributed by atoms with E-state index in [2.05, 4.69) is 15.3 Å². The average molecular weight is 341 g/mol. The van der Waals surface area contributed by atoms with Gasteiger partial charge in [-0.15, -0.1) is 0 Å². The van der Waals surface area contributed by atoms with Crippen molar-refractivity contribution < 1.29 is 22.7 Å². The monoisotopic (exact) mass is 341 g/mol. The summed E-state index contributed by atoms with van der Waals surface area (Å²) in [5, 5.41) is 2.65. The second-order valence-corrected chi connectivity index (χ2v) is 6.33. The maximum atomic E-state index is 12.5. The van der Waals surface area contributed by atoms with Crippen LogP contribution in [0, 0.1) is 0 Å². The van der Waals surface area contributed by atoms with E-state index in [9.17, 15) is 18.0 Å². The topological polar surface area (TPSA) is 63.6 Å². The zero-order valence-corrected chi connectivity index (χ0v) is 13.4. The Kier molecular flexibility index (Phi) is 4.01. The maximum absolute atomic E-state index is 12.5. The molecule has 1 atom stereocenters. The highest BCUT2D eigenvalue weighted by molar-refractivity contribution is 6.14. The molecule has 0 saturated heterocycles. The van der Waals surface area contributed by atoms with E-state index in [4.69, 9.17) is 4.74 Å². The number of pyridine rings is 1. The Morgan fingerprint density at radius 3 is 2.67 bits per heavy atom. The molecule has 0 aromatic carbocycles. The molecule has 0 radical (unpaired) electrons. The van der Waals surface area contributed by atoms with E-state index in [0.717, 1.165) is 12.8 Å². The third-order valence-corrected chi connectivity index (χ3v) is 4.31. The van der Waals surface area contributed by atoms with Crippen LogP contribution < -0.4 is 10.1 Å². The quantitative estimate of drug-likeness (QED) is 0.896. The number of hydrogen-bond acceptors (Lipinski definition) is 4. The summed E-state index contributed by atoms with van der Waals surface area (Å²) in [6.45, 7) is 2.18. The van der Waals surface area contributed by atoms with E-state index in [1.54, 1.807) is 6.92 Å². The van der Waals surface area contributed by atoms with Gasteiger partial charge in [-0.2, -0.15) is 13.2 Å². The molecule has 1 aromatic rings. The molecule has 1 saturated carbocycles. The van der Waals surface area contributed by atoms with Gasteiger partial charge in [0.25, 0.3) is 5.91 Å². The molecule has 1 aromatic heterocycles. The Morgan fingerprint density at radius 1 is 1.42 bits per heavy atom. The molecule has 1 fully saturated rings. The van der Waals surface area contributed by atoms with Gasteiger partial charge >= 0.3 is 6.18 Å². The molecule has 2 heterocycles. The number of alkyl halides is 3. The number of aliphatic imine (C=N–C) groups is 1. The predicted octanol–water partition coefficient (Wildman–Crippen LogP) is 2.95. The first kappa shape index (κ1) is 16.7. The van der Waals surface area contributed by atoms with Crippen molar-refractivity contribution in [2.45, 2.75) is 50.7 Å². The van der Waals surface area contributed by atoms with E-state index in [1.807, 2.05) is 6.92 Å². The predicted molar refractivity (Wildman–Crippen MR) is 81.1 cm³/mol. The summed E-state index contributed by atoms with van der Waals surface area (Å²) >= 11 is 0. The zero-order chi connectivity index (χ0) is 17.5. The van der Waals surface area contributed by atoms with Crippen LogP contribution in [0.4, 0.5) is 13.2 Å². The lowest BCUT2D eigenvalue weighted by Gasteiger charge is -2.14. The van der Waals surface area contributed by atoms with E-state index >= 15 is 0 Å². The number of ether oxygens (including phenoxy) is 1. The Balaban J connectivity index is 1.90. The molecule has 0 spiro atoms. The van der Waals surface area contributed by atoms with Crippen molar-refractivity contribution >= 4 is 11.7 Å². The Hall–Kier alpha value is -2.12. The minimum Gasteiger partial charge on any atom is -0.484 e. The number of amidine groups is 1. The van der Waals surface area contributed by atoms with Gasteiger partial charge in [-0.25, -0.2) is 4.99 Å². The van der Waals surface area contributed by atoms with Crippen molar-refractivity contribution in [2.24, 2.45) is 4.99 Å². The van der Waals surface area contributed by atoms with Gasteiger partial charge in [-0.05, 0) is 32.1 Å². The van der Waals surface area contributed by atoms with Crippen molar-refractivity contribution in [1.29, 1.82) is 0 Å². The molecule has 1 aliphatic carbocycles. The number of rotatable bonds is 5. The number of nitrogens with one attached hydrogen (secondary N) is 1. The zero-order valence-electron chi connectivity index (χ0n) is 13.4. The third kappa shape index (κ3) is 3.37. The maximum Gasteiger partial charge on any atom is 0.422 e. The number of hydrogen-bond donors (Lipinski definition) is 1. The SMILES string of the molecule is CCC1(C)N=C(c2cc(OCC(F)(F)F)c(C3CC3)cn2)NC1=O. The molecule has 1 amide bonds. The number of amides is 1. The molecule has 8 heteroatoms. The fourth-order valence-corrected chi connectivity index (χ4v) is 2.49. The second kappa shape index (κ2) is 5.75. The van der Waals surface area contributed by atoms with Crippen LogP contribution in [0.1, 0.15) is 50.3 Å². The van der Waals surface area contributed by atoms with Gasteiger partial charge in [-0.3, -0.25) is 9.78 Å². The van der Waals surface area contributed by atoms with Crippen molar-refractivity contribution in [3.8, 4) is 5.75 Å². The Bertz CT molecular complexity index is 698. The van der Waals surface area contributed by atoms with Crippen molar-refractivity contribution in [3.05, 3.63) is 23.5 Å². The molecule has 1 aliphatic heterocycles. The highest BCUT2D eigenvalue weighted by atomic mass is 19.4. The van der Waals surface area contributed by atoms with Gasteiger partial charge in [0.1, 0.15) is 17.0 Å². The van der Waals surface area contributed by atoms with E-state index in [0.29, 0.717) is 17.7 Å². The van der Waals surface area contributed by atoms with Gasteiger partial charge in [0.15, 0.2) is 12.4 Å². The summed E-state index contributed by atoms with van der Waals surface area (Å²) in [5.74, 6) is 0.368. The summed E-state index contributed by atoms with van der Waals surface area (Å²) in [4.78, 5) is 20.6. The van der Waals surface area contributed by atoms with Gasteiger partial charge in [-0.1, -0.05) is 6.92 Å². The van der Waals surface area contributed by atoms with Crippen LogP contribution >= 0.6 is 0 Å². The first-order valence-electron chi connectivity index (χ1n) is 7.83. The number of aromatic nitrogens is 1. The first-order chi connectivity index (χ1) is 11.2. The van der Waals surface area contributed by atoms with E-state index in [1.165, 1.54) is 12.3 Å². The normalized spacial score (nSPS) is 23.9. The molecule has 2 aliphatic rings. The summed E-state index contributed by atoms with van der Waals surface area (Å²) in [7, 11) is 0. The number of halogens is 3. The lowest BCUT2D eigenvalue weighted by molar-refractivity contribution is -0.153. The fraction of sp³-hybridized carbons (Fsp3) is 0.562. The van der Waals surface area contributed by atoms with E-state index < -0.39 is 18.3 Å². The summed E-state index contributed by atoms with van der Waals surface area (Å²) in [5.41, 5.74) is 0.104. The fourth-order valence-electron chi connectivity index (χ4n) is 2.49. The highest BCUT2D eigenvalue weighted by Crippen LogP contribution is 2.44. The van der Waals surface area contributed by atoms with Gasteiger partial charge in [0.2, 0.25) is 0 Å². The molecule has 5 nitrogen and oxygen atoms in total. The molecule has 130 valence electrons. The number of carbonyl (C=O) groups is 1. The van der Waals surface area contributed by atoms with Crippen LogP contribution in [0.2, 0.25) is 0 Å². The van der Waals surface area contributed by atoms with Crippen LogP contribution in [0.25, 0.3) is 0 Å². The number of nitrogens with zero attached hydrogens (tertiary/aromatic N) is 2. The van der Waals surface area contributed by atoms with Gasteiger partial charge in [0.05, 0.1) is 0 Å². The molecule has 0 bridgehead atoms. The largest absolute Gasteiger partial charge is 0.484 e. The van der Waals surface area contributed by atoms with Crippen LogP contribution in [0.3, 0.4) is 0 Å². The van der Waals surface area contributed by atoms with Crippen LogP contribution in [-0.2, 0) is 4.79 Å². The lowest BCUT2D eigenvalue weighted by Crippen LogP contribution is -2.36. The van der Waals surface area contributed by atoms with Crippen LogP contribution in [0.15, 0.2) is 17.3 Å².